The molecule has 1 aromatic heterocycles. The Balaban J connectivity index is 1.49. The van der Waals surface area contributed by atoms with Gasteiger partial charge in [0.25, 0.3) is 0 Å². The van der Waals surface area contributed by atoms with Crippen LogP contribution in [0.1, 0.15) is 6.92 Å². The van der Waals surface area contributed by atoms with Crippen molar-refractivity contribution in [2.75, 3.05) is 16.4 Å². The van der Waals surface area contributed by atoms with Gasteiger partial charge in [-0.05, 0) is 43.3 Å². The summed E-state index contributed by atoms with van der Waals surface area (Å²) < 4.78 is 13.8. The minimum atomic E-state index is -0.416. The van der Waals surface area contributed by atoms with Crippen LogP contribution in [-0.2, 0) is 9.59 Å². The molecule has 134 valence electrons. The van der Waals surface area contributed by atoms with Gasteiger partial charge in [-0.1, -0.05) is 23.5 Å². The number of anilines is 2. The predicted molar refractivity (Wildman–Crippen MR) is 105 cm³/mol. The fourth-order valence-corrected chi connectivity index (χ4v) is 3.69. The van der Waals surface area contributed by atoms with Gasteiger partial charge in [0.1, 0.15) is 5.82 Å². The third kappa shape index (κ3) is 4.80. The summed E-state index contributed by atoms with van der Waals surface area (Å²) in [5.41, 5.74) is 1.36. The summed E-state index contributed by atoms with van der Waals surface area (Å²) in [6.07, 6.45) is 0. The highest BCUT2D eigenvalue weighted by atomic mass is 32.2. The number of aromatic nitrogens is 1. The molecule has 2 N–H and O–H groups in total. The van der Waals surface area contributed by atoms with E-state index in [2.05, 4.69) is 15.6 Å². The summed E-state index contributed by atoms with van der Waals surface area (Å²) in [4.78, 5) is 28.6. The maximum absolute atomic E-state index is 12.8. The molecule has 0 aliphatic carbocycles. The van der Waals surface area contributed by atoms with E-state index in [0.717, 1.165) is 10.2 Å². The van der Waals surface area contributed by atoms with E-state index in [0.29, 0.717) is 10.8 Å². The number of para-hydroxylation sites is 1. The Hall–Kier alpha value is -2.45. The van der Waals surface area contributed by atoms with Crippen LogP contribution in [0.5, 0.6) is 0 Å². The van der Waals surface area contributed by atoms with Gasteiger partial charge in [-0.25, -0.2) is 9.37 Å². The zero-order valence-corrected chi connectivity index (χ0v) is 15.5. The van der Waals surface area contributed by atoms with Crippen molar-refractivity contribution in [1.82, 2.24) is 4.98 Å². The Kier molecular flexibility index (Phi) is 5.85. The van der Waals surface area contributed by atoms with Crippen molar-refractivity contribution in [1.29, 1.82) is 0 Å². The third-order valence-corrected chi connectivity index (χ3v) is 5.58. The van der Waals surface area contributed by atoms with Crippen LogP contribution in [0.25, 0.3) is 10.2 Å². The molecule has 0 bridgehead atoms. The molecule has 0 radical (unpaired) electrons. The molecular formula is C18H16FN3O2S2. The van der Waals surface area contributed by atoms with E-state index in [1.165, 1.54) is 47.4 Å². The third-order valence-electron chi connectivity index (χ3n) is 3.49. The second kappa shape index (κ2) is 8.29. The first-order chi connectivity index (χ1) is 12.5. The molecule has 2 amide bonds. The number of fused-ring (bicyclic) bond motifs is 1. The molecule has 0 spiro atoms. The number of thiazole rings is 1. The summed E-state index contributed by atoms with van der Waals surface area (Å²) in [5.74, 6) is -0.700. The summed E-state index contributed by atoms with van der Waals surface area (Å²) in [6.45, 7) is 1.73. The Bertz CT molecular complexity index is 895. The zero-order chi connectivity index (χ0) is 18.5. The van der Waals surface area contributed by atoms with E-state index >= 15 is 0 Å². The molecule has 0 aliphatic heterocycles. The molecule has 3 aromatic rings. The quantitative estimate of drug-likeness (QED) is 0.665. The summed E-state index contributed by atoms with van der Waals surface area (Å²) >= 11 is 2.63. The van der Waals surface area contributed by atoms with E-state index in [1.54, 1.807) is 6.92 Å². The van der Waals surface area contributed by atoms with Crippen molar-refractivity contribution in [3.63, 3.8) is 0 Å². The maximum atomic E-state index is 12.8. The summed E-state index contributed by atoms with van der Waals surface area (Å²) in [5, 5.41) is 5.57. The number of halogens is 1. The van der Waals surface area contributed by atoms with Gasteiger partial charge in [0.2, 0.25) is 11.8 Å². The van der Waals surface area contributed by atoms with Crippen LogP contribution in [-0.4, -0.2) is 27.8 Å². The Morgan fingerprint density at radius 3 is 2.62 bits per heavy atom. The number of nitrogens with zero attached hydrogens (tertiary/aromatic N) is 1. The van der Waals surface area contributed by atoms with Crippen molar-refractivity contribution in [2.24, 2.45) is 0 Å². The predicted octanol–water partition coefficient (Wildman–Crippen LogP) is 4.13. The van der Waals surface area contributed by atoms with Crippen molar-refractivity contribution < 1.29 is 14.0 Å². The molecule has 3 rings (SSSR count). The van der Waals surface area contributed by atoms with Gasteiger partial charge in [-0.2, -0.15) is 0 Å². The van der Waals surface area contributed by atoms with Gasteiger partial charge in [-0.3, -0.25) is 9.59 Å². The monoisotopic (exact) mass is 389 g/mol. The largest absolute Gasteiger partial charge is 0.325 e. The number of amides is 2. The molecule has 26 heavy (non-hydrogen) atoms. The number of benzene rings is 2. The molecule has 1 heterocycles. The highest BCUT2D eigenvalue weighted by Crippen LogP contribution is 2.26. The number of carbonyl (C=O) groups excluding carboxylic acids is 2. The number of carbonyl (C=O) groups is 2. The smallest absolute Gasteiger partial charge is 0.239 e. The molecule has 8 heteroatoms. The average Bonchev–Trinajstić information content (AvgIpc) is 3.03. The topological polar surface area (TPSA) is 71.1 Å². The molecular weight excluding hydrogens is 373 g/mol. The van der Waals surface area contributed by atoms with Crippen LogP contribution in [0.2, 0.25) is 0 Å². The molecule has 0 saturated heterocycles. The molecule has 0 aliphatic rings. The van der Waals surface area contributed by atoms with Crippen LogP contribution in [0.15, 0.2) is 48.5 Å². The zero-order valence-electron chi connectivity index (χ0n) is 13.9. The van der Waals surface area contributed by atoms with Gasteiger partial charge in [0, 0.05) is 5.69 Å². The van der Waals surface area contributed by atoms with Gasteiger partial charge < -0.3 is 10.6 Å². The summed E-state index contributed by atoms with van der Waals surface area (Å²) in [6, 6.07) is 13.2. The lowest BCUT2D eigenvalue weighted by molar-refractivity contribution is -0.115. The molecule has 0 unspecified atom stereocenters. The van der Waals surface area contributed by atoms with Crippen LogP contribution in [0.3, 0.4) is 0 Å². The molecule has 5 nitrogen and oxygen atoms in total. The van der Waals surface area contributed by atoms with E-state index in [-0.39, 0.29) is 23.4 Å². The van der Waals surface area contributed by atoms with E-state index in [1.807, 2.05) is 24.3 Å². The molecule has 1 atom stereocenters. The minimum Gasteiger partial charge on any atom is -0.325 e. The highest BCUT2D eigenvalue weighted by molar-refractivity contribution is 8.01. The van der Waals surface area contributed by atoms with Gasteiger partial charge in [0.05, 0.1) is 21.2 Å². The molecule has 0 fully saturated rings. The number of rotatable bonds is 6. The van der Waals surface area contributed by atoms with Gasteiger partial charge in [0.15, 0.2) is 5.13 Å². The van der Waals surface area contributed by atoms with Gasteiger partial charge in [-0.15, -0.1) is 11.8 Å². The first kappa shape index (κ1) is 18.3. The normalized spacial score (nSPS) is 11.9. The van der Waals surface area contributed by atoms with Gasteiger partial charge >= 0.3 is 0 Å². The van der Waals surface area contributed by atoms with Crippen molar-refractivity contribution in [3.05, 3.63) is 54.3 Å². The number of hydrogen-bond donors (Lipinski definition) is 2. The van der Waals surface area contributed by atoms with E-state index in [9.17, 15) is 14.0 Å². The van der Waals surface area contributed by atoms with Crippen LogP contribution in [0.4, 0.5) is 15.2 Å². The van der Waals surface area contributed by atoms with Crippen molar-refractivity contribution in [2.45, 2.75) is 12.2 Å². The minimum absolute atomic E-state index is 0.117. The van der Waals surface area contributed by atoms with Crippen LogP contribution < -0.4 is 10.6 Å². The molecule has 2 aromatic carbocycles. The fraction of sp³-hybridized carbons (Fsp3) is 0.167. The number of nitrogens with one attached hydrogen (secondary N) is 2. The SMILES string of the molecule is C[C@H](SCC(=O)Nc1ccc(F)cc1)C(=O)Nc1nc2ccccc2s1. The standard InChI is InChI=1S/C18H16FN3O2S2/c1-11(25-10-16(23)20-13-8-6-12(19)7-9-13)17(24)22-18-21-14-4-2-3-5-15(14)26-18/h2-9,11H,10H2,1H3,(H,20,23)(H,21,22,24)/t11-/m0/s1. The highest BCUT2D eigenvalue weighted by Gasteiger charge is 2.17. The Labute approximate surface area is 158 Å². The lowest BCUT2D eigenvalue weighted by atomic mass is 10.3. The lowest BCUT2D eigenvalue weighted by Crippen LogP contribution is -2.24. The average molecular weight is 389 g/mol. The first-order valence-electron chi connectivity index (χ1n) is 7.85. The fourth-order valence-electron chi connectivity index (χ4n) is 2.14. The number of hydrogen-bond acceptors (Lipinski definition) is 5. The maximum Gasteiger partial charge on any atom is 0.239 e. The first-order valence-corrected chi connectivity index (χ1v) is 9.71. The second-order valence-corrected chi connectivity index (χ2v) is 7.84. The molecule has 0 saturated carbocycles. The van der Waals surface area contributed by atoms with Crippen LogP contribution in [0, 0.1) is 5.82 Å². The second-order valence-electron chi connectivity index (χ2n) is 5.48. The van der Waals surface area contributed by atoms with Crippen molar-refractivity contribution >= 4 is 55.9 Å². The lowest BCUT2D eigenvalue weighted by Gasteiger charge is -2.10. The Morgan fingerprint density at radius 1 is 1.15 bits per heavy atom. The Morgan fingerprint density at radius 2 is 1.88 bits per heavy atom. The van der Waals surface area contributed by atoms with Crippen molar-refractivity contribution in [3.8, 4) is 0 Å². The van der Waals surface area contributed by atoms with E-state index in [4.69, 9.17) is 0 Å². The van der Waals surface area contributed by atoms with E-state index < -0.39 is 5.25 Å². The number of thioether (sulfide) groups is 1. The summed E-state index contributed by atoms with van der Waals surface area (Å²) in [7, 11) is 0. The van der Waals surface area contributed by atoms with Crippen LogP contribution >= 0.6 is 23.1 Å².